The van der Waals surface area contributed by atoms with E-state index >= 15 is 0 Å². The van der Waals surface area contributed by atoms with Gasteiger partial charge in [-0.2, -0.15) is 0 Å². The van der Waals surface area contributed by atoms with Crippen molar-refractivity contribution in [2.75, 3.05) is 0 Å². The fourth-order valence-corrected chi connectivity index (χ4v) is 3.78. The molecular weight excluding hydrogens is 360 g/mol. The zero-order chi connectivity index (χ0) is 20.8. The normalized spacial score (nSPS) is 14.8. The Labute approximate surface area is 171 Å². The first-order valence-electron chi connectivity index (χ1n) is 10.2. The van der Waals surface area contributed by atoms with E-state index in [-0.39, 0.29) is 5.41 Å². The lowest BCUT2D eigenvalue weighted by atomic mass is 9.94. The van der Waals surface area contributed by atoms with Crippen LogP contribution in [-0.4, -0.2) is 20.6 Å². The predicted octanol–water partition coefficient (Wildman–Crippen LogP) is 5.80. The summed E-state index contributed by atoms with van der Waals surface area (Å²) >= 11 is 0. The lowest BCUT2D eigenvalue weighted by molar-refractivity contribution is 0.0695. The van der Waals surface area contributed by atoms with Gasteiger partial charge in [-0.1, -0.05) is 32.9 Å². The van der Waals surface area contributed by atoms with Crippen LogP contribution in [0.4, 0.5) is 0 Å². The standard InChI is InChI=1S/C25H28N2O2/c1-25(2,3)9-7-18-11-16(12-19-8-10-27(4)23(18)19)13-22-21(24(28)29)14-20(15-26-22)17-5-6-17/h7-12,14-15,17H,5-6,13H2,1-4H3,(H,28,29)/b9-7+. The lowest BCUT2D eigenvalue weighted by Gasteiger charge is -2.13. The summed E-state index contributed by atoms with van der Waals surface area (Å²) in [6.45, 7) is 6.54. The Morgan fingerprint density at radius 3 is 2.69 bits per heavy atom. The SMILES string of the molecule is Cn1ccc2cc(Cc3ncc(C4CC4)cc3C(=O)O)cc(/C=C/C(C)(C)C)c21. The molecule has 4 nitrogen and oxygen atoms in total. The molecule has 4 heteroatoms. The van der Waals surface area contributed by atoms with E-state index in [1.165, 1.54) is 5.52 Å². The van der Waals surface area contributed by atoms with Crippen LogP contribution < -0.4 is 0 Å². The van der Waals surface area contributed by atoms with Crippen molar-refractivity contribution in [2.45, 2.75) is 46.0 Å². The molecule has 1 aliphatic rings. The fourth-order valence-electron chi connectivity index (χ4n) is 3.78. The summed E-state index contributed by atoms with van der Waals surface area (Å²) < 4.78 is 2.13. The molecule has 0 spiro atoms. The Morgan fingerprint density at radius 1 is 1.28 bits per heavy atom. The molecule has 0 aliphatic heterocycles. The number of pyridine rings is 1. The molecule has 0 unspecified atom stereocenters. The van der Waals surface area contributed by atoms with E-state index < -0.39 is 5.97 Å². The number of nitrogens with zero attached hydrogens (tertiary/aromatic N) is 2. The number of hydrogen-bond acceptors (Lipinski definition) is 2. The highest BCUT2D eigenvalue weighted by Gasteiger charge is 2.26. The molecule has 0 radical (unpaired) electrons. The maximum Gasteiger partial charge on any atom is 0.337 e. The third-order valence-corrected chi connectivity index (χ3v) is 5.46. The van der Waals surface area contributed by atoms with Crippen LogP contribution in [-0.2, 0) is 13.5 Å². The summed E-state index contributed by atoms with van der Waals surface area (Å²) in [5.74, 6) is -0.409. The minimum atomic E-state index is -0.899. The second kappa shape index (κ2) is 7.18. The lowest BCUT2D eigenvalue weighted by Crippen LogP contribution is -2.07. The Hall–Kier alpha value is -2.88. The van der Waals surface area contributed by atoms with Crippen LogP contribution in [0.3, 0.4) is 0 Å². The van der Waals surface area contributed by atoms with Gasteiger partial charge in [0.05, 0.1) is 16.8 Å². The third kappa shape index (κ3) is 4.26. The number of aryl methyl sites for hydroxylation is 1. The highest BCUT2D eigenvalue weighted by Crippen LogP contribution is 2.40. The molecular formula is C25H28N2O2. The number of rotatable bonds is 5. The second-order valence-corrected chi connectivity index (χ2v) is 9.27. The number of benzene rings is 1. The smallest absolute Gasteiger partial charge is 0.337 e. The van der Waals surface area contributed by atoms with Crippen LogP contribution in [0.15, 0.2) is 42.7 Å². The van der Waals surface area contributed by atoms with Crippen LogP contribution in [0.1, 0.15) is 72.3 Å². The molecule has 150 valence electrons. The average molecular weight is 389 g/mol. The monoisotopic (exact) mass is 388 g/mol. The van der Waals surface area contributed by atoms with Gasteiger partial charge in [0.1, 0.15) is 0 Å². The largest absolute Gasteiger partial charge is 0.478 e. The quantitative estimate of drug-likeness (QED) is 0.601. The molecule has 0 atom stereocenters. The zero-order valence-corrected chi connectivity index (χ0v) is 17.6. The van der Waals surface area contributed by atoms with Crippen molar-refractivity contribution in [3.8, 4) is 0 Å². The van der Waals surface area contributed by atoms with Gasteiger partial charge in [-0.3, -0.25) is 4.98 Å². The molecule has 2 aromatic heterocycles. The van der Waals surface area contributed by atoms with Crippen molar-refractivity contribution in [1.82, 2.24) is 9.55 Å². The number of carboxylic acids is 1. The van der Waals surface area contributed by atoms with Crippen molar-refractivity contribution < 1.29 is 9.90 Å². The molecule has 3 aromatic rings. The van der Waals surface area contributed by atoms with E-state index in [0.29, 0.717) is 23.6 Å². The van der Waals surface area contributed by atoms with Crippen molar-refractivity contribution in [3.05, 3.63) is 70.7 Å². The first-order valence-corrected chi connectivity index (χ1v) is 10.2. The molecule has 2 heterocycles. The molecule has 1 aromatic carbocycles. The van der Waals surface area contributed by atoms with Gasteiger partial charge in [-0.25, -0.2) is 4.79 Å². The minimum Gasteiger partial charge on any atom is -0.478 e. The zero-order valence-electron chi connectivity index (χ0n) is 17.6. The van der Waals surface area contributed by atoms with Crippen LogP contribution in [0, 0.1) is 5.41 Å². The summed E-state index contributed by atoms with van der Waals surface area (Å²) in [6, 6.07) is 8.23. The first kappa shape index (κ1) is 19.4. The molecule has 4 rings (SSSR count). The van der Waals surface area contributed by atoms with Crippen molar-refractivity contribution in [3.63, 3.8) is 0 Å². The number of carbonyl (C=O) groups is 1. The molecule has 1 saturated carbocycles. The summed E-state index contributed by atoms with van der Waals surface area (Å²) in [4.78, 5) is 16.4. The third-order valence-electron chi connectivity index (χ3n) is 5.46. The Kier molecular flexibility index (Phi) is 4.81. The summed E-state index contributed by atoms with van der Waals surface area (Å²) in [7, 11) is 2.05. The van der Waals surface area contributed by atoms with Crippen molar-refractivity contribution in [1.29, 1.82) is 0 Å². The Balaban J connectivity index is 1.75. The summed E-state index contributed by atoms with van der Waals surface area (Å²) in [5.41, 5.74) is 5.50. The van der Waals surface area contributed by atoms with Crippen molar-refractivity contribution >= 4 is 22.9 Å². The Bertz CT molecular complexity index is 1110. The van der Waals surface area contributed by atoms with Crippen LogP contribution in [0.5, 0.6) is 0 Å². The van der Waals surface area contributed by atoms with Gasteiger partial charge in [0.25, 0.3) is 0 Å². The van der Waals surface area contributed by atoms with Crippen molar-refractivity contribution in [2.24, 2.45) is 12.5 Å². The fraction of sp³-hybridized carbons (Fsp3) is 0.360. The molecule has 1 aliphatic carbocycles. The van der Waals surface area contributed by atoms with E-state index in [1.54, 1.807) is 0 Å². The van der Waals surface area contributed by atoms with Gasteiger partial charge in [0.15, 0.2) is 0 Å². The molecule has 1 N–H and O–H groups in total. The Morgan fingerprint density at radius 2 is 2.03 bits per heavy atom. The molecule has 0 bridgehead atoms. The second-order valence-electron chi connectivity index (χ2n) is 9.27. The van der Waals surface area contributed by atoms with Gasteiger partial charge in [-0.15, -0.1) is 0 Å². The molecule has 0 amide bonds. The average Bonchev–Trinajstić information content (AvgIpc) is 3.43. The van der Waals surface area contributed by atoms with Crippen LogP contribution >= 0.6 is 0 Å². The number of allylic oxidation sites excluding steroid dienone is 1. The maximum atomic E-state index is 11.8. The molecule has 1 fully saturated rings. The number of hydrogen-bond donors (Lipinski definition) is 1. The number of aromatic nitrogens is 2. The first-order chi connectivity index (χ1) is 13.7. The minimum absolute atomic E-state index is 0.0875. The van der Waals surface area contributed by atoms with Crippen LogP contribution in [0.25, 0.3) is 17.0 Å². The van der Waals surface area contributed by atoms with Gasteiger partial charge in [0.2, 0.25) is 0 Å². The van der Waals surface area contributed by atoms with E-state index in [4.69, 9.17) is 0 Å². The molecule has 29 heavy (non-hydrogen) atoms. The van der Waals surface area contributed by atoms with Gasteiger partial charge in [-0.05, 0) is 65.1 Å². The number of carboxylic acid groups (broad SMARTS) is 1. The maximum absolute atomic E-state index is 11.8. The van der Waals surface area contributed by atoms with E-state index in [9.17, 15) is 9.90 Å². The molecule has 0 saturated heterocycles. The predicted molar refractivity (Wildman–Crippen MR) is 117 cm³/mol. The summed E-state index contributed by atoms with van der Waals surface area (Å²) in [5, 5.41) is 10.9. The van der Waals surface area contributed by atoms with Gasteiger partial charge < -0.3 is 9.67 Å². The number of aromatic carboxylic acids is 1. The van der Waals surface area contributed by atoms with E-state index in [0.717, 1.165) is 34.9 Å². The van der Waals surface area contributed by atoms with Gasteiger partial charge in [0, 0.05) is 31.2 Å². The highest BCUT2D eigenvalue weighted by atomic mass is 16.4. The number of fused-ring (bicyclic) bond motifs is 1. The topological polar surface area (TPSA) is 55.1 Å². The van der Waals surface area contributed by atoms with Crippen LogP contribution in [0.2, 0.25) is 0 Å². The highest BCUT2D eigenvalue weighted by molar-refractivity contribution is 5.91. The van der Waals surface area contributed by atoms with E-state index in [2.05, 4.69) is 73.9 Å². The van der Waals surface area contributed by atoms with E-state index in [1.807, 2.05) is 12.3 Å². The van der Waals surface area contributed by atoms with Gasteiger partial charge >= 0.3 is 5.97 Å². The summed E-state index contributed by atoms with van der Waals surface area (Å²) in [6.07, 6.45) is 11.1.